The molecule has 2 amide bonds. The van der Waals surface area contributed by atoms with E-state index in [1.165, 1.54) is 11.8 Å². The molecule has 1 aliphatic rings. The molecular formula is C18H14N4O2S. The number of benzene rings is 2. The van der Waals surface area contributed by atoms with E-state index >= 15 is 0 Å². The number of thioether (sulfide) groups is 1. The second kappa shape index (κ2) is 6.45. The Morgan fingerprint density at radius 3 is 2.80 bits per heavy atom. The van der Waals surface area contributed by atoms with E-state index in [1.54, 1.807) is 29.1 Å². The number of aromatic nitrogens is 2. The molecule has 2 heterocycles. The van der Waals surface area contributed by atoms with Gasteiger partial charge in [-0.25, -0.2) is 4.68 Å². The summed E-state index contributed by atoms with van der Waals surface area (Å²) in [5.41, 5.74) is 2.80. The van der Waals surface area contributed by atoms with Gasteiger partial charge in [-0.15, -0.1) is 11.8 Å². The zero-order chi connectivity index (χ0) is 17.2. The van der Waals surface area contributed by atoms with Crippen LogP contribution in [0.25, 0.3) is 5.69 Å². The molecule has 6 nitrogen and oxygen atoms in total. The first-order valence-corrected chi connectivity index (χ1v) is 8.66. The smallest absolute Gasteiger partial charge is 0.255 e. The van der Waals surface area contributed by atoms with Crippen molar-refractivity contribution in [3.8, 4) is 5.69 Å². The van der Waals surface area contributed by atoms with Crippen molar-refractivity contribution < 1.29 is 9.59 Å². The van der Waals surface area contributed by atoms with E-state index < -0.39 is 0 Å². The molecule has 0 radical (unpaired) electrons. The molecule has 3 aromatic rings. The fraction of sp³-hybridized carbons (Fsp3) is 0.0556. The van der Waals surface area contributed by atoms with Crippen LogP contribution in [0.1, 0.15) is 10.4 Å². The summed E-state index contributed by atoms with van der Waals surface area (Å²) in [6, 6.07) is 14.5. The van der Waals surface area contributed by atoms with Crippen LogP contribution < -0.4 is 10.6 Å². The van der Waals surface area contributed by atoms with Crippen molar-refractivity contribution in [3.05, 3.63) is 66.5 Å². The van der Waals surface area contributed by atoms with E-state index in [0.29, 0.717) is 17.0 Å². The first-order valence-electron chi connectivity index (χ1n) is 7.67. The maximum Gasteiger partial charge on any atom is 0.255 e. The molecule has 124 valence electrons. The fourth-order valence-electron chi connectivity index (χ4n) is 2.55. The molecule has 7 heteroatoms. The SMILES string of the molecule is O=C1CSc2ccc(NC(=O)c3ccc(-n4cccn4)cc3)cc2N1. The van der Waals surface area contributed by atoms with Gasteiger partial charge in [-0.2, -0.15) is 5.10 Å². The lowest BCUT2D eigenvalue weighted by molar-refractivity contribution is -0.113. The summed E-state index contributed by atoms with van der Waals surface area (Å²) >= 11 is 1.49. The number of carbonyl (C=O) groups excluding carboxylic acids is 2. The van der Waals surface area contributed by atoms with E-state index in [4.69, 9.17) is 0 Å². The normalized spacial score (nSPS) is 13.0. The molecule has 0 saturated heterocycles. The number of amides is 2. The summed E-state index contributed by atoms with van der Waals surface area (Å²) in [4.78, 5) is 24.9. The third-order valence-corrected chi connectivity index (χ3v) is 4.84. The summed E-state index contributed by atoms with van der Waals surface area (Å²) in [5, 5.41) is 9.83. The van der Waals surface area contributed by atoms with Gasteiger partial charge >= 0.3 is 0 Å². The minimum atomic E-state index is -0.207. The number of hydrogen-bond donors (Lipinski definition) is 2. The van der Waals surface area contributed by atoms with E-state index in [-0.39, 0.29) is 11.8 Å². The Bertz CT molecular complexity index is 936. The van der Waals surface area contributed by atoms with E-state index in [9.17, 15) is 9.59 Å². The molecule has 0 atom stereocenters. The van der Waals surface area contributed by atoms with Crippen molar-refractivity contribution in [1.82, 2.24) is 9.78 Å². The van der Waals surface area contributed by atoms with Gasteiger partial charge in [-0.05, 0) is 48.5 Å². The molecule has 0 bridgehead atoms. The molecule has 0 saturated carbocycles. The first-order chi connectivity index (χ1) is 12.2. The summed E-state index contributed by atoms with van der Waals surface area (Å²) in [7, 11) is 0. The van der Waals surface area contributed by atoms with Crippen molar-refractivity contribution in [2.75, 3.05) is 16.4 Å². The van der Waals surface area contributed by atoms with Crippen molar-refractivity contribution in [1.29, 1.82) is 0 Å². The second-order valence-corrected chi connectivity index (χ2v) is 6.52. The highest BCUT2D eigenvalue weighted by Crippen LogP contribution is 2.33. The third kappa shape index (κ3) is 3.27. The van der Waals surface area contributed by atoms with Crippen LogP contribution in [-0.4, -0.2) is 27.3 Å². The van der Waals surface area contributed by atoms with Crippen LogP contribution in [-0.2, 0) is 4.79 Å². The molecule has 0 unspecified atom stereocenters. The Balaban J connectivity index is 1.50. The number of hydrogen-bond acceptors (Lipinski definition) is 4. The Hall–Kier alpha value is -3.06. The Morgan fingerprint density at radius 1 is 1.20 bits per heavy atom. The van der Waals surface area contributed by atoms with Crippen molar-refractivity contribution in [2.24, 2.45) is 0 Å². The predicted octanol–water partition coefficient (Wildman–Crippen LogP) is 3.17. The van der Waals surface area contributed by atoms with Gasteiger partial charge in [0, 0.05) is 28.5 Å². The van der Waals surface area contributed by atoms with Crippen LogP contribution >= 0.6 is 11.8 Å². The van der Waals surface area contributed by atoms with Crippen LogP contribution in [0.4, 0.5) is 11.4 Å². The average molecular weight is 350 g/mol. The Kier molecular flexibility index (Phi) is 3.99. The zero-order valence-corrected chi connectivity index (χ0v) is 13.9. The zero-order valence-electron chi connectivity index (χ0n) is 13.1. The molecular weight excluding hydrogens is 336 g/mol. The van der Waals surface area contributed by atoms with Crippen molar-refractivity contribution >= 4 is 35.0 Å². The van der Waals surface area contributed by atoms with Crippen LogP contribution in [0.5, 0.6) is 0 Å². The Morgan fingerprint density at radius 2 is 2.04 bits per heavy atom. The minimum Gasteiger partial charge on any atom is -0.324 e. The highest BCUT2D eigenvalue weighted by Gasteiger charge is 2.16. The van der Waals surface area contributed by atoms with Crippen LogP contribution in [0.3, 0.4) is 0 Å². The van der Waals surface area contributed by atoms with Crippen LogP contribution in [0.15, 0.2) is 65.8 Å². The number of nitrogens with one attached hydrogen (secondary N) is 2. The van der Waals surface area contributed by atoms with E-state index in [2.05, 4.69) is 15.7 Å². The highest BCUT2D eigenvalue weighted by atomic mass is 32.2. The summed E-state index contributed by atoms with van der Waals surface area (Å²) in [5.74, 6) is 0.179. The van der Waals surface area contributed by atoms with E-state index in [0.717, 1.165) is 16.3 Å². The lowest BCUT2D eigenvalue weighted by Gasteiger charge is -2.17. The topological polar surface area (TPSA) is 76.0 Å². The standard InChI is InChI=1S/C18H14N4O2S/c23-17-11-25-16-7-4-13(10-15(16)21-17)20-18(24)12-2-5-14(6-3-12)22-9-1-8-19-22/h1-10H,11H2,(H,20,24)(H,21,23). The number of anilines is 2. The summed E-state index contributed by atoms with van der Waals surface area (Å²) in [6.07, 6.45) is 3.54. The number of rotatable bonds is 3. The van der Waals surface area contributed by atoms with Gasteiger partial charge in [-0.1, -0.05) is 0 Å². The predicted molar refractivity (Wildman–Crippen MR) is 97.3 cm³/mol. The van der Waals surface area contributed by atoms with Gasteiger partial charge in [0.05, 0.1) is 17.1 Å². The average Bonchev–Trinajstić information content (AvgIpc) is 3.16. The van der Waals surface area contributed by atoms with Crippen LogP contribution in [0.2, 0.25) is 0 Å². The third-order valence-electron chi connectivity index (χ3n) is 3.77. The molecule has 0 fully saturated rings. The fourth-order valence-corrected chi connectivity index (χ4v) is 3.34. The number of nitrogens with zero attached hydrogens (tertiary/aromatic N) is 2. The van der Waals surface area contributed by atoms with Gasteiger partial charge in [0.2, 0.25) is 5.91 Å². The molecule has 4 rings (SSSR count). The lowest BCUT2D eigenvalue weighted by atomic mass is 10.2. The molecule has 1 aliphatic heterocycles. The molecule has 0 aliphatic carbocycles. The van der Waals surface area contributed by atoms with Gasteiger partial charge in [0.25, 0.3) is 5.91 Å². The lowest BCUT2D eigenvalue weighted by Crippen LogP contribution is -2.19. The van der Waals surface area contributed by atoms with Crippen LogP contribution in [0, 0.1) is 0 Å². The molecule has 2 N–H and O–H groups in total. The van der Waals surface area contributed by atoms with Gasteiger partial charge in [-0.3, -0.25) is 9.59 Å². The summed E-state index contributed by atoms with van der Waals surface area (Å²) < 4.78 is 1.73. The molecule has 2 aromatic carbocycles. The first kappa shape index (κ1) is 15.5. The van der Waals surface area contributed by atoms with Gasteiger partial charge in [0.1, 0.15) is 0 Å². The number of fused-ring (bicyclic) bond motifs is 1. The van der Waals surface area contributed by atoms with Gasteiger partial charge < -0.3 is 10.6 Å². The monoisotopic (exact) mass is 350 g/mol. The maximum absolute atomic E-state index is 12.4. The maximum atomic E-state index is 12.4. The highest BCUT2D eigenvalue weighted by molar-refractivity contribution is 8.00. The second-order valence-electron chi connectivity index (χ2n) is 5.50. The Labute approximate surface area is 148 Å². The van der Waals surface area contributed by atoms with Gasteiger partial charge in [0.15, 0.2) is 0 Å². The molecule has 1 aromatic heterocycles. The molecule has 0 spiro atoms. The van der Waals surface area contributed by atoms with Crippen molar-refractivity contribution in [3.63, 3.8) is 0 Å². The summed E-state index contributed by atoms with van der Waals surface area (Å²) in [6.45, 7) is 0. The number of carbonyl (C=O) groups is 2. The quantitative estimate of drug-likeness (QED) is 0.761. The van der Waals surface area contributed by atoms with Crippen molar-refractivity contribution in [2.45, 2.75) is 4.90 Å². The largest absolute Gasteiger partial charge is 0.324 e. The molecule has 25 heavy (non-hydrogen) atoms. The minimum absolute atomic E-state index is 0.0322. The van der Waals surface area contributed by atoms with E-state index in [1.807, 2.05) is 36.5 Å².